The zero-order valence-electron chi connectivity index (χ0n) is 8.54. The van der Waals surface area contributed by atoms with Crippen molar-refractivity contribution >= 4 is 6.29 Å². The van der Waals surface area contributed by atoms with Crippen LogP contribution in [0.25, 0.3) is 0 Å². The first-order valence-corrected chi connectivity index (χ1v) is 5.58. The van der Waals surface area contributed by atoms with Crippen molar-refractivity contribution in [3.8, 4) is 0 Å². The highest BCUT2D eigenvalue weighted by Crippen LogP contribution is 2.51. The molecule has 1 heteroatoms. The number of hydrogen-bond donors (Lipinski definition) is 0. The van der Waals surface area contributed by atoms with Crippen molar-refractivity contribution in [3.63, 3.8) is 0 Å². The zero-order valence-corrected chi connectivity index (χ0v) is 8.54. The van der Waals surface area contributed by atoms with Gasteiger partial charge in [-0.3, -0.25) is 0 Å². The van der Waals surface area contributed by atoms with E-state index < -0.39 is 0 Å². The molecule has 3 rings (SSSR count). The molecule has 0 N–H and O–H groups in total. The number of fused-ring (bicyclic) bond motifs is 2. The predicted molar refractivity (Wildman–Crippen MR) is 59.5 cm³/mol. The Hall–Kier alpha value is -1.37. The molecular formula is C14H14O. The lowest BCUT2D eigenvalue weighted by atomic mass is 9.79. The number of carbonyl (C=O) groups is 1. The van der Waals surface area contributed by atoms with Crippen LogP contribution < -0.4 is 0 Å². The Bertz CT molecular complexity index is 393. The number of aldehydes is 1. The lowest BCUT2D eigenvalue weighted by molar-refractivity contribution is -0.112. The average molecular weight is 198 g/mol. The fourth-order valence-corrected chi connectivity index (χ4v) is 3.19. The third-order valence-corrected chi connectivity index (χ3v) is 3.86. The van der Waals surface area contributed by atoms with E-state index in [-0.39, 0.29) is 5.92 Å². The van der Waals surface area contributed by atoms with Crippen molar-refractivity contribution in [1.29, 1.82) is 0 Å². The fourth-order valence-electron chi connectivity index (χ4n) is 3.19. The molecule has 0 spiro atoms. The number of hydrogen-bond acceptors (Lipinski definition) is 1. The Kier molecular flexibility index (Phi) is 1.98. The molecule has 0 saturated heterocycles. The maximum Gasteiger partial charge on any atom is 0.124 e. The van der Waals surface area contributed by atoms with Crippen LogP contribution in [0, 0.1) is 17.8 Å². The van der Waals surface area contributed by atoms with E-state index in [1.54, 1.807) is 0 Å². The molecule has 0 radical (unpaired) electrons. The number of benzene rings is 1. The standard InChI is InChI=1S/C14H14O/c15-9-13-11-6-7-12(8-11)14(13)10-4-2-1-3-5-10/h1-7,9,11-14H,8H2/t11-,12?,13?,14?/m1/s1. The number of carbonyl (C=O) groups excluding carboxylic acids is 1. The summed E-state index contributed by atoms with van der Waals surface area (Å²) >= 11 is 0. The molecule has 1 aromatic rings. The van der Waals surface area contributed by atoms with Crippen LogP contribution >= 0.6 is 0 Å². The minimum absolute atomic E-state index is 0.211. The van der Waals surface area contributed by atoms with E-state index >= 15 is 0 Å². The number of allylic oxidation sites excluding steroid dienone is 2. The van der Waals surface area contributed by atoms with Crippen LogP contribution in [0.15, 0.2) is 42.5 Å². The molecule has 1 saturated carbocycles. The van der Waals surface area contributed by atoms with Gasteiger partial charge in [-0.15, -0.1) is 0 Å². The summed E-state index contributed by atoms with van der Waals surface area (Å²) in [4.78, 5) is 11.1. The van der Waals surface area contributed by atoms with Gasteiger partial charge in [0.05, 0.1) is 0 Å². The molecule has 0 aliphatic heterocycles. The summed E-state index contributed by atoms with van der Waals surface area (Å²) < 4.78 is 0. The first-order valence-electron chi connectivity index (χ1n) is 5.58. The van der Waals surface area contributed by atoms with Crippen LogP contribution in [-0.2, 0) is 4.79 Å². The highest BCUT2D eigenvalue weighted by Gasteiger charge is 2.44. The smallest absolute Gasteiger partial charge is 0.124 e. The average Bonchev–Trinajstić information content (AvgIpc) is 2.89. The van der Waals surface area contributed by atoms with Crippen LogP contribution in [0.3, 0.4) is 0 Å². The largest absolute Gasteiger partial charge is 0.303 e. The minimum atomic E-state index is 0.211. The van der Waals surface area contributed by atoms with Gasteiger partial charge in [0.2, 0.25) is 0 Å². The van der Waals surface area contributed by atoms with Crippen molar-refractivity contribution in [3.05, 3.63) is 48.0 Å². The normalized spacial score (nSPS) is 37.1. The second-order valence-corrected chi connectivity index (χ2v) is 4.60. The summed E-state index contributed by atoms with van der Waals surface area (Å²) in [6, 6.07) is 10.5. The Labute approximate surface area is 89.8 Å². The van der Waals surface area contributed by atoms with Gasteiger partial charge in [-0.2, -0.15) is 0 Å². The van der Waals surface area contributed by atoms with E-state index in [0.29, 0.717) is 17.8 Å². The highest BCUT2D eigenvalue weighted by atomic mass is 16.1. The maximum atomic E-state index is 11.1. The van der Waals surface area contributed by atoms with Gasteiger partial charge < -0.3 is 4.79 Å². The SMILES string of the molecule is O=CC1C(c2ccccc2)C2C=C[C@@H]1C2. The Morgan fingerprint density at radius 1 is 1.07 bits per heavy atom. The third kappa shape index (κ3) is 1.26. The van der Waals surface area contributed by atoms with E-state index in [0.717, 1.165) is 6.29 Å². The van der Waals surface area contributed by atoms with Crippen LogP contribution in [-0.4, -0.2) is 6.29 Å². The van der Waals surface area contributed by atoms with Gasteiger partial charge in [0.25, 0.3) is 0 Å². The minimum Gasteiger partial charge on any atom is -0.303 e. The lowest BCUT2D eigenvalue weighted by Gasteiger charge is -2.24. The molecule has 0 amide bonds. The maximum absolute atomic E-state index is 11.1. The quantitative estimate of drug-likeness (QED) is 0.527. The molecule has 2 aliphatic rings. The summed E-state index contributed by atoms with van der Waals surface area (Å²) in [7, 11) is 0. The molecule has 3 unspecified atom stereocenters. The van der Waals surface area contributed by atoms with Gasteiger partial charge in [-0.25, -0.2) is 0 Å². The van der Waals surface area contributed by atoms with Crippen LogP contribution in [0.4, 0.5) is 0 Å². The molecule has 1 aromatic carbocycles. The second kappa shape index (κ2) is 3.34. The molecule has 4 atom stereocenters. The molecule has 0 heterocycles. The van der Waals surface area contributed by atoms with E-state index in [2.05, 4.69) is 36.4 Å². The summed E-state index contributed by atoms with van der Waals surface area (Å²) in [5.74, 6) is 1.73. The topological polar surface area (TPSA) is 17.1 Å². The molecular weight excluding hydrogens is 184 g/mol. The van der Waals surface area contributed by atoms with E-state index in [9.17, 15) is 4.79 Å². The summed E-state index contributed by atoms with van der Waals surface area (Å²) in [5.41, 5.74) is 1.33. The fraction of sp³-hybridized carbons (Fsp3) is 0.357. The van der Waals surface area contributed by atoms with Crippen molar-refractivity contribution in [2.75, 3.05) is 0 Å². The second-order valence-electron chi connectivity index (χ2n) is 4.60. The van der Waals surface area contributed by atoms with Crippen molar-refractivity contribution in [1.82, 2.24) is 0 Å². The van der Waals surface area contributed by atoms with Gasteiger partial charge >= 0.3 is 0 Å². The monoisotopic (exact) mass is 198 g/mol. The Balaban J connectivity index is 1.99. The predicted octanol–water partition coefficient (Wildman–Crippen LogP) is 2.79. The summed E-state index contributed by atoms with van der Waals surface area (Å²) in [5, 5.41) is 0. The van der Waals surface area contributed by atoms with Crippen molar-refractivity contribution in [2.24, 2.45) is 17.8 Å². The van der Waals surface area contributed by atoms with E-state index in [4.69, 9.17) is 0 Å². The van der Waals surface area contributed by atoms with Gasteiger partial charge in [0, 0.05) is 11.8 Å². The van der Waals surface area contributed by atoms with E-state index in [1.807, 2.05) is 6.07 Å². The zero-order chi connectivity index (χ0) is 10.3. The van der Waals surface area contributed by atoms with E-state index in [1.165, 1.54) is 12.0 Å². The van der Waals surface area contributed by atoms with Crippen molar-refractivity contribution < 1.29 is 4.79 Å². The molecule has 15 heavy (non-hydrogen) atoms. The molecule has 1 nitrogen and oxygen atoms in total. The Morgan fingerprint density at radius 2 is 1.80 bits per heavy atom. The van der Waals surface area contributed by atoms with Gasteiger partial charge in [0.15, 0.2) is 0 Å². The first-order chi connectivity index (χ1) is 7.40. The molecule has 76 valence electrons. The third-order valence-electron chi connectivity index (χ3n) is 3.86. The summed E-state index contributed by atoms with van der Waals surface area (Å²) in [6.45, 7) is 0. The molecule has 2 aliphatic carbocycles. The van der Waals surface area contributed by atoms with Crippen molar-refractivity contribution in [2.45, 2.75) is 12.3 Å². The van der Waals surface area contributed by atoms with Crippen LogP contribution in [0.2, 0.25) is 0 Å². The highest BCUT2D eigenvalue weighted by molar-refractivity contribution is 5.59. The van der Waals surface area contributed by atoms with Crippen LogP contribution in [0.1, 0.15) is 17.9 Å². The Morgan fingerprint density at radius 3 is 2.53 bits per heavy atom. The molecule has 0 aromatic heterocycles. The summed E-state index contributed by atoms with van der Waals surface area (Å²) in [6.07, 6.45) is 6.85. The number of rotatable bonds is 2. The first kappa shape index (κ1) is 8.90. The molecule has 2 bridgehead atoms. The van der Waals surface area contributed by atoms with Crippen LogP contribution in [0.5, 0.6) is 0 Å². The lowest BCUT2D eigenvalue weighted by Crippen LogP contribution is -2.18. The van der Waals surface area contributed by atoms with Gasteiger partial charge in [-0.1, -0.05) is 42.5 Å². The van der Waals surface area contributed by atoms with Gasteiger partial charge in [-0.05, 0) is 23.8 Å². The molecule has 1 fully saturated rings. The van der Waals surface area contributed by atoms with Gasteiger partial charge in [0.1, 0.15) is 6.29 Å².